The van der Waals surface area contributed by atoms with Crippen molar-refractivity contribution >= 4 is 46.4 Å². The molecule has 0 aromatic heterocycles. The second-order valence-electron chi connectivity index (χ2n) is 10.7. The number of amides is 1. The number of carbonyl (C=O) groups excluding carboxylic acids is 1. The van der Waals surface area contributed by atoms with Crippen LogP contribution >= 0.6 is 34.8 Å². The lowest BCUT2D eigenvalue weighted by Crippen LogP contribution is -2.49. The number of piperidine rings is 2. The number of nitrogens with zero attached hydrogens (tertiary/aromatic N) is 2. The number of hydrogen-bond acceptors (Lipinski definition) is 4. The zero-order chi connectivity index (χ0) is 25.7. The third kappa shape index (κ3) is 4.57. The van der Waals surface area contributed by atoms with Crippen LogP contribution < -0.4 is 10.5 Å². The molecule has 1 amide bonds. The Bertz CT molecular complexity index is 1110. The fourth-order valence-electron chi connectivity index (χ4n) is 6.29. The van der Waals surface area contributed by atoms with Crippen molar-refractivity contribution < 1.29 is 9.53 Å². The van der Waals surface area contributed by atoms with Gasteiger partial charge >= 0.3 is 0 Å². The number of rotatable bonds is 5. The molecule has 8 heteroatoms. The Hall–Kier alpha value is -1.66. The molecule has 1 spiro atoms. The molecule has 2 aliphatic heterocycles. The molecule has 1 saturated carbocycles. The highest BCUT2D eigenvalue weighted by Crippen LogP contribution is 2.78. The largest absolute Gasteiger partial charge is 0.491 e. The first-order valence-electron chi connectivity index (χ1n) is 12.9. The molecule has 2 N–H and O–H groups in total. The molecule has 1 aliphatic carbocycles. The number of alkyl halides is 2. The van der Waals surface area contributed by atoms with Gasteiger partial charge in [0, 0.05) is 30.5 Å². The molecule has 1 unspecified atom stereocenters. The predicted octanol–water partition coefficient (Wildman–Crippen LogP) is 6.37. The van der Waals surface area contributed by atoms with Gasteiger partial charge in [-0.25, -0.2) is 0 Å². The monoisotopic (exact) mass is 549 g/mol. The summed E-state index contributed by atoms with van der Waals surface area (Å²) in [6.07, 6.45) is 4.01. The smallest absolute Gasteiger partial charge is 0.255 e. The van der Waals surface area contributed by atoms with Crippen molar-refractivity contribution in [2.45, 2.75) is 61.9 Å². The van der Waals surface area contributed by atoms with E-state index in [2.05, 4.69) is 17.0 Å². The number of hydrogen-bond donors (Lipinski definition) is 1. The Morgan fingerprint density at radius 1 is 1.03 bits per heavy atom. The Kier molecular flexibility index (Phi) is 7.14. The van der Waals surface area contributed by atoms with Crippen molar-refractivity contribution in [3.05, 3.63) is 58.6 Å². The number of ether oxygens (including phenoxy) is 1. The normalized spacial score (nSPS) is 23.7. The van der Waals surface area contributed by atoms with Gasteiger partial charge in [-0.2, -0.15) is 0 Å². The SMILES string of the molecule is CC(C)Oc1ccc(C2C(Cl)(Cl)C23CCN(C2CCN(C(=O)c4cccc(Cl)c4N)CC2)CC3)cc1. The maximum atomic E-state index is 13.0. The van der Waals surface area contributed by atoms with Crippen molar-refractivity contribution in [3.63, 3.8) is 0 Å². The third-order valence-electron chi connectivity index (χ3n) is 8.32. The molecule has 3 fully saturated rings. The summed E-state index contributed by atoms with van der Waals surface area (Å²) in [6, 6.07) is 14.0. The number of nitrogens with two attached hydrogens (primary N) is 1. The van der Waals surface area contributed by atoms with Gasteiger partial charge in [0.2, 0.25) is 0 Å². The number of carbonyl (C=O) groups is 1. The zero-order valence-corrected chi connectivity index (χ0v) is 23.1. The van der Waals surface area contributed by atoms with Crippen LogP contribution in [0.1, 0.15) is 61.4 Å². The summed E-state index contributed by atoms with van der Waals surface area (Å²) in [5.41, 5.74) is 8.02. The number of likely N-dealkylation sites (tertiary alicyclic amines) is 2. The number of para-hydroxylation sites is 1. The molecule has 194 valence electrons. The minimum atomic E-state index is -0.730. The fourth-order valence-corrected chi connectivity index (χ4v) is 7.62. The molecule has 5 rings (SSSR count). The summed E-state index contributed by atoms with van der Waals surface area (Å²) in [5, 5.41) is 0.422. The van der Waals surface area contributed by atoms with Crippen molar-refractivity contribution in [1.82, 2.24) is 9.80 Å². The molecule has 2 saturated heterocycles. The standard InChI is InChI=1S/C28H34Cl3N3O2/c1-18(2)36-21-8-6-19(7-9-21)25-27(28(25,30)31)12-16-33(17-13-27)20-10-14-34(15-11-20)26(35)22-4-3-5-23(29)24(22)32/h3-9,18,20,25H,10-17,32H2,1-2H3. The maximum Gasteiger partial charge on any atom is 0.255 e. The number of halogens is 3. The van der Waals surface area contributed by atoms with Gasteiger partial charge < -0.3 is 20.3 Å². The molecule has 5 nitrogen and oxygen atoms in total. The molecule has 1 atom stereocenters. The molecular weight excluding hydrogens is 517 g/mol. The molecule has 2 aromatic carbocycles. The van der Waals surface area contributed by atoms with Crippen molar-refractivity contribution in [1.29, 1.82) is 0 Å². The van der Waals surface area contributed by atoms with Crippen molar-refractivity contribution in [3.8, 4) is 5.75 Å². The maximum absolute atomic E-state index is 13.0. The van der Waals surface area contributed by atoms with Crippen LogP contribution in [-0.2, 0) is 0 Å². The predicted molar refractivity (Wildman–Crippen MR) is 147 cm³/mol. The molecule has 2 aromatic rings. The third-order valence-corrected chi connectivity index (χ3v) is 9.84. The Morgan fingerprint density at radius 3 is 2.28 bits per heavy atom. The van der Waals surface area contributed by atoms with Gasteiger partial charge in [0.15, 0.2) is 0 Å². The lowest BCUT2D eigenvalue weighted by Gasteiger charge is -2.42. The number of anilines is 1. The van der Waals surface area contributed by atoms with Gasteiger partial charge in [-0.1, -0.05) is 29.8 Å². The molecule has 3 aliphatic rings. The van der Waals surface area contributed by atoms with Crippen LogP contribution in [-0.4, -0.2) is 58.4 Å². The summed E-state index contributed by atoms with van der Waals surface area (Å²) in [4.78, 5) is 17.5. The number of nitrogen functional groups attached to an aromatic ring is 1. The van der Waals surface area contributed by atoms with E-state index >= 15 is 0 Å². The Labute approximate surface area is 228 Å². The van der Waals surface area contributed by atoms with E-state index in [4.69, 9.17) is 45.3 Å². The summed E-state index contributed by atoms with van der Waals surface area (Å²) >= 11 is 20.0. The van der Waals surface area contributed by atoms with Crippen LogP contribution in [0, 0.1) is 5.41 Å². The van der Waals surface area contributed by atoms with E-state index in [0.717, 1.165) is 57.6 Å². The first-order valence-corrected chi connectivity index (χ1v) is 14.0. The fraction of sp³-hybridized carbons (Fsp3) is 0.536. The van der Waals surface area contributed by atoms with Crippen LogP contribution in [0.15, 0.2) is 42.5 Å². The lowest BCUT2D eigenvalue weighted by molar-refractivity contribution is 0.0530. The summed E-state index contributed by atoms with van der Waals surface area (Å²) in [5.74, 6) is 0.979. The van der Waals surface area contributed by atoms with E-state index in [1.807, 2.05) is 30.9 Å². The van der Waals surface area contributed by atoms with Gasteiger partial charge in [0.05, 0.1) is 22.4 Å². The van der Waals surface area contributed by atoms with Gasteiger partial charge in [-0.15, -0.1) is 23.2 Å². The van der Waals surface area contributed by atoms with Gasteiger partial charge in [-0.05, 0) is 82.4 Å². The second-order valence-corrected chi connectivity index (χ2v) is 12.5. The average molecular weight is 551 g/mol. The molecular formula is C28H34Cl3N3O2. The van der Waals surface area contributed by atoms with E-state index in [0.29, 0.717) is 22.3 Å². The Balaban J connectivity index is 1.17. The lowest BCUT2D eigenvalue weighted by atomic mass is 9.87. The highest BCUT2D eigenvalue weighted by atomic mass is 35.5. The first-order chi connectivity index (χ1) is 17.1. The van der Waals surface area contributed by atoms with Gasteiger partial charge in [0.1, 0.15) is 10.1 Å². The van der Waals surface area contributed by atoms with E-state index < -0.39 is 4.33 Å². The number of benzene rings is 2. The minimum Gasteiger partial charge on any atom is -0.491 e. The summed E-state index contributed by atoms with van der Waals surface area (Å²) < 4.78 is 5.06. The molecule has 0 bridgehead atoms. The van der Waals surface area contributed by atoms with Crippen LogP contribution in [0.4, 0.5) is 5.69 Å². The summed E-state index contributed by atoms with van der Waals surface area (Å²) in [6.45, 7) is 7.45. The van der Waals surface area contributed by atoms with Crippen LogP contribution in [0.5, 0.6) is 5.75 Å². The summed E-state index contributed by atoms with van der Waals surface area (Å²) in [7, 11) is 0. The van der Waals surface area contributed by atoms with Crippen LogP contribution in [0.2, 0.25) is 5.02 Å². The Morgan fingerprint density at radius 2 is 1.67 bits per heavy atom. The quantitative estimate of drug-likeness (QED) is 0.347. The van der Waals surface area contributed by atoms with Crippen molar-refractivity contribution in [2.24, 2.45) is 5.41 Å². The van der Waals surface area contributed by atoms with E-state index in [-0.39, 0.29) is 23.3 Å². The zero-order valence-electron chi connectivity index (χ0n) is 20.9. The van der Waals surface area contributed by atoms with Crippen LogP contribution in [0.3, 0.4) is 0 Å². The molecule has 2 heterocycles. The van der Waals surface area contributed by atoms with Crippen LogP contribution in [0.25, 0.3) is 0 Å². The second kappa shape index (κ2) is 9.90. The highest BCUT2D eigenvalue weighted by Gasteiger charge is 2.75. The van der Waals surface area contributed by atoms with E-state index in [9.17, 15) is 4.79 Å². The molecule has 0 radical (unpaired) electrons. The minimum absolute atomic E-state index is 0.0363. The van der Waals surface area contributed by atoms with Gasteiger partial charge in [-0.3, -0.25) is 4.79 Å². The first kappa shape index (κ1) is 26.0. The highest BCUT2D eigenvalue weighted by molar-refractivity contribution is 6.52. The van der Waals surface area contributed by atoms with Gasteiger partial charge in [0.25, 0.3) is 5.91 Å². The van der Waals surface area contributed by atoms with Crippen molar-refractivity contribution in [2.75, 3.05) is 31.9 Å². The van der Waals surface area contributed by atoms with E-state index in [1.165, 1.54) is 5.56 Å². The molecule has 36 heavy (non-hydrogen) atoms. The topological polar surface area (TPSA) is 58.8 Å². The average Bonchev–Trinajstić information content (AvgIpc) is 3.33. The van der Waals surface area contributed by atoms with E-state index in [1.54, 1.807) is 18.2 Å².